The highest BCUT2D eigenvalue weighted by molar-refractivity contribution is 5.95. The normalized spacial score (nSPS) is 18.4. The molecule has 0 spiro atoms. The van der Waals surface area contributed by atoms with E-state index >= 15 is 0 Å². The fourth-order valence-electron chi connectivity index (χ4n) is 3.98. The van der Waals surface area contributed by atoms with Crippen molar-refractivity contribution in [1.82, 2.24) is 4.90 Å². The van der Waals surface area contributed by atoms with Crippen LogP contribution in [0.5, 0.6) is 11.5 Å². The van der Waals surface area contributed by atoms with Crippen LogP contribution in [0.25, 0.3) is 0 Å². The molecule has 1 fully saturated rings. The molecule has 29 heavy (non-hydrogen) atoms. The summed E-state index contributed by atoms with van der Waals surface area (Å²) in [6.07, 6.45) is 3.88. The molecule has 6 nitrogen and oxygen atoms in total. The molecule has 0 aliphatic carbocycles. The van der Waals surface area contributed by atoms with E-state index in [1.54, 1.807) is 12.1 Å². The van der Waals surface area contributed by atoms with Gasteiger partial charge < -0.3 is 14.8 Å². The van der Waals surface area contributed by atoms with Crippen LogP contribution in [0.4, 0.5) is 5.69 Å². The van der Waals surface area contributed by atoms with Crippen LogP contribution < -0.4 is 14.8 Å². The molecule has 1 N–H and O–H groups in total. The van der Waals surface area contributed by atoms with Crippen molar-refractivity contribution in [3.05, 3.63) is 53.6 Å². The van der Waals surface area contributed by atoms with Crippen LogP contribution >= 0.6 is 0 Å². The lowest BCUT2D eigenvalue weighted by Crippen LogP contribution is -2.48. The molecular formula is C23H25N3O3. The molecule has 1 amide bonds. The van der Waals surface area contributed by atoms with Gasteiger partial charge in [-0.1, -0.05) is 12.5 Å². The number of fused-ring (bicyclic) bond motifs is 1. The maximum Gasteiger partial charge on any atom is 0.241 e. The second kappa shape index (κ2) is 8.97. The largest absolute Gasteiger partial charge is 0.493 e. The van der Waals surface area contributed by atoms with E-state index < -0.39 is 0 Å². The van der Waals surface area contributed by atoms with E-state index in [2.05, 4.69) is 16.3 Å². The first-order valence-corrected chi connectivity index (χ1v) is 10.2. The van der Waals surface area contributed by atoms with Crippen molar-refractivity contribution in [1.29, 1.82) is 5.26 Å². The average molecular weight is 391 g/mol. The van der Waals surface area contributed by atoms with Gasteiger partial charge in [-0.15, -0.1) is 0 Å². The van der Waals surface area contributed by atoms with E-state index in [9.17, 15) is 4.79 Å². The summed E-state index contributed by atoms with van der Waals surface area (Å²) in [5.74, 6) is 1.64. The van der Waals surface area contributed by atoms with Crippen molar-refractivity contribution in [3.8, 4) is 17.6 Å². The Balaban J connectivity index is 1.34. The Morgan fingerprint density at radius 2 is 2.21 bits per heavy atom. The Labute approximate surface area is 171 Å². The second-order valence-corrected chi connectivity index (χ2v) is 7.45. The summed E-state index contributed by atoms with van der Waals surface area (Å²) < 4.78 is 11.3. The van der Waals surface area contributed by atoms with Crippen LogP contribution in [0.1, 0.15) is 30.4 Å². The van der Waals surface area contributed by atoms with Gasteiger partial charge in [0.25, 0.3) is 0 Å². The lowest BCUT2D eigenvalue weighted by molar-refractivity contribution is -0.122. The van der Waals surface area contributed by atoms with Crippen LogP contribution in [-0.2, 0) is 11.2 Å². The molecule has 1 saturated heterocycles. The smallest absolute Gasteiger partial charge is 0.241 e. The van der Waals surface area contributed by atoms with Gasteiger partial charge in [0.15, 0.2) is 0 Å². The van der Waals surface area contributed by atoms with Gasteiger partial charge in [-0.25, -0.2) is 0 Å². The van der Waals surface area contributed by atoms with Gasteiger partial charge in [0.2, 0.25) is 5.91 Å². The Kier molecular flexibility index (Phi) is 5.97. The number of amides is 1. The third-order valence-electron chi connectivity index (χ3n) is 5.48. The molecular weight excluding hydrogens is 366 g/mol. The highest BCUT2D eigenvalue weighted by Gasteiger charge is 2.28. The molecule has 2 aromatic carbocycles. The highest BCUT2D eigenvalue weighted by Crippen LogP contribution is 2.28. The Bertz CT molecular complexity index is 922. The maximum atomic E-state index is 12.9. The van der Waals surface area contributed by atoms with Crippen molar-refractivity contribution >= 4 is 11.6 Å². The number of benzene rings is 2. The average Bonchev–Trinajstić information content (AvgIpc) is 3.22. The number of ether oxygens (including phenoxy) is 2. The van der Waals surface area contributed by atoms with E-state index in [0.717, 1.165) is 49.2 Å². The van der Waals surface area contributed by atoms with Crippen molar-refractivity contribution < 1.29 is 14.3 Å². The zero-order valence-electron chi connectivity index (χ0n) is 16.4. The molecule has 0 bridgehead atoms. The van der Waals surface area contributed by atoms with Crippen LogP contribution in [0.3, 0.4) is 0 Å². The Hall–Kier alpha value is -3.04. The summed E-state index contributed by atoms with van der Waals surface area (Å²) in [6.45, 7) is 2.75. The molecule has 2 aliphatic heterocycles. The van der Waals surface area contributed by atoms with Crippen LogP contribution in [0.15, 0.2) is 42.5 Å². The SMILES string of the molecule is N#Cc1cccc(OCCN2CCCC[C@H]2C(=O)Nc2ccc3c(c2)CCO3)c1. The zero-order chi connectivity index (χ0) is 20.1. The van der Waals surface area contributed by atoms with Crippen LogP contribution in [0.2, 0.25) is 0 Å². The van der Waals surface area contributed by atoms with E-state index in [1.807, 2.05) is 30.3 Å². The van der Waals surface area contributed by atoms with Gasteiger partial charge in [-0.3, -0.25) is 9.69 Å². The molecule has 0 unspecified atom stereocenters. The van der Waals surface area contributed by atoms with E-state index in [4.69, 9.17) is 14.7 Å². The van der Waals surface area contributed by atoms with Crippen molar-refractivity contribution in [3.63, 3.8) is 0 Å². The molecule has 150 valence electrons. The Morgan fingerprint density at radius 1 is 1.28 bits per heavy atom. The van der Waals surface area contributed by atoms with Gasteiger partial charge in [0.1, 0.15) is 18.1 Å². The summed E-state index contributed by atoms with van der Waals surface area (Å²) in [5.41, 5.74) is 2.56. The molecule has 6 heteroatoms. The third kappa shape index (κ3) is 4.69. The van der Waals surface area contributed by atoms with Crippen molar-refractivity contribution in [2.24, 2.45) is 0 Å². The fraction of sp³-hybridized carbons (Fsp3) is 0.391. The van der Waals surface area contributed by atoms with Gasteiger partial charge in [0, 0.05) is 18.7 Å². The third-order valence-corrected chi connectivity index (χ3v) is 5.48. The first-order valence-electron chi connectivity index (χ1n) is 10.2. The number of hydrogen-bond acceptors (Lipinski definition) is 5. The maximum absolute atomic E-state index is 12.9. The number of hydrogen-bond donors (Lipinski definition) is 1. The first kappa shape index (κ1) is 19.3. The highest BCUT2D eigenvalue weighted by atomic mass is 16.5. The number of carbonyl (C=O) groups is 1. The van der Waals surface area contributed by atoms with Gasteiger partial charge in [0.05, 0.1) is 24.3 Å². The van der Waals surface area contributed by atoms with E-state index in [0.29, 0.717) is 31.1 Å². The minimum Gasteiger partial charge on any atom is -0.493 e. The summed E-state index contributed by atoms with van der Waals surface area (Å²) >= 11 is 0. The number of likely N-dealkylation sites (tertiary alicyclic amines) is 1. The van der Waals surface area contributed by atoms with E-state index in [1.165, 1.54) is 0 Å². The molecule has 2 heterocycles. The fourth-order valence-corrected chi connectivity index (χ4v) is 3.98. The molecule has 0 aromatic heterocycles. The topological polar surface area (TPSA) is 74.6 Å². The zero-order valence-corrected chi connectivity index (χ0v) is 16.4. The molecule has 1 atom stereocenters. The van der Waals surface area contributed by atoms with Crippen molar-refractivity contribution in [2.75, 3.05) is 31.6 Å². The number of nitrogens with one attached hydrogen (secondary N) is 1. The van der Waals surface area contributed by atoms with Gasteiger partial charge >= 0.3 is 0 Å². The van der Waals surface area contributed by atoms with Gasteiger partial charge in [-0.05, 0) is 61.3 Å². The van der Waals surface area contributed by atoms with E-state index in [-0.39, 0.29) is 11.9 Å². The molecule has 4 rings (SSSR count). The summed E-state index contributed by atoms with van der Waals surface area (Å²) in [4.78, 5) is 15.1. The quantitative estimate of drug-likeness (QED) is 0.817. The number of rotatable bonds is 6. The van der Waals surface area contributed by atoms with Crippen LogP contribution in [0, 0.1) is 11.3 Å². The minimum absolute atomic E-state index is 0.0371. The predicted molar refractivity (Wildman–Crippen MR) is 110 cm³/mol. The molecule has 2 aromatic rings. The Morgan fingerprint density at radius 3 is 3.10 bits per heavy atom. The standard InChI is InChI=1S/C23H25N3O3/c24-16-17-4-3-5-20(14-17)28-13-11-26-10-2-1-6-21(26)23(27)25-19-7-8-22-18(15-19)9-12-29-22/h3-5,7-8,14-15,21H,1-2,6,9-13H2,(H,25,27)/t21-/m0/s1. The molecule has 0 saturated carbocycles. The number of nitriles is 1. The molecule has 0 radical (unpaired) electrons. The monoisotopic (exact) mass is 391 g/mol. The van der Waals surface area contributed by atoms with Crippen molar-refractivity contribution in [2.45, 2.75) is 31.7 Å². The number of nitrogens with zero attached hydrogens (tertiary/aromatic N) is 2. The summed E-state index contributed by atoms with van der Waals surface area (Å²) in [6, 6.07) is 15.0. The minimum atomic E-state index is -0.151. The summed E-state index contributed by atoms with van der Waals surface area (Å²) in [5, 5.41) is 12.1. The summed E-state index contributed by atoms with van der Waals surface area (Å²) in [7, 11) is 0. The van der Waals surface area contributed by atoms with Gasteiger partial charge in [-0.2, -0.15) is 5.26 Å². The lowest BCUT2D eigenvalue weighted by atomic mass is 10.0. The number of carbonyl (C=O) groups excluding carboxylic acids is 1. The molecule has 2 aliphatic rings. The predicted octanol–water partition coefficient (Wildman–Crippen LogP) is 3.37. The number of piperidine rings is 1. The lowest BCUT2D eigenvalue weighted by Gasteiger charge is -2.34. The first-order chi connectivity index (χ1) is 14.2. The second-order valence-electron chi connectivity index (χ2n) is 7.45. The number of anilines is 1. The van der Waals surface area contributed by atoms with Crippen LogP contribution in [-0.4, -0.2) is 43.2 Å².